The quantitative estimate of drug-likeness (QED) is 0.203. The summed E-state index contributed by atoms with van der Waals surface area (Å²) in [6, 6.07) is 0.576. The van der Waals surface area contributed by atoms with Crippen LogP contribution >= 0.6 is 0 Å². The first-order valence-corrected chi connectivity index (χ1v) is 12.1. The van der Waals surface area contributed by atoms with Crippen molar-refractivity contribution in [2.45, 2.75) is 97.9 Å². The van der Waals surface area contributed by atoms with E-state index in [0.29, 0.717) is 12.0 Å². The largest absolute Gasteiger partial charge is 0.497 e. The van der Waals surface area contributed by atoms with Crippen LogP contribution in [0.4, 0.5) is 0 Å². The number of rotatable bonds is 17. The van der Waals surface area contributed by atoms with Crippen LogP contribution in [-0.2, 0) is 9.47 Å². The molecule has 1 aliphatic rings. The standard InChI is InChI=1S/C25H49NO2/c1-7-10-11-13-24(21(4)8-2)15-17-26-16-12-14-25(26)20-28-22(5)18-23(9-3)19-27-6/h21,23-25H,5,7-20H2,1-4,6H3. The Bertz CT molecular complexity index is 398. The molecule has 4 unspecified atom stereocenters. The van der Waals surface area contributed by atoms with Crippen LogP contribution in [0, 0.1) is 17.8 Å². The number of hydrogen-bond acceptors (Lipinski definition) is 3. The molecule has 1 rings (SSSR count). The fraction of sp³-hybridized carbons (Fsp3) is 0.920. The zero-order valence-electron chi connectivity index (χ0n) is 19.7. The molecule has 1 fully saturated rings. The van der Waals surface area contributed by atoms with Crippen molar-refractivity contribution in [3.63, 3.8) is 0 Å². The number of allylic oxidation sites excluding steroid dienone is 1. The van der Waals surface area contributed by atoms with Gasteiger partial charge in [0.2, 0.25) is 0 Å². The maximum absolute atomic E-state index is 6.10. The van der Waals surface area contributed by atoms with E-state index in [-0.39, 0.29) is 0 Å². The van der Waals surface area contributed by atoms with E-state index in [0.717, 1.165) is 43.7 Å². The third kappa shape index (κ3) is 9.78. The molecule has 166 valence electrons. The normalized spacial score (nSPS) is 20.8. The molecule has 0 amide bonds. The van der Waals surface area contributed by atoms with Crippen LogP contribution in [0.3, 0.4) is 0 Å². The molecule has 1 saturated heterocycles. The summed E-state index contributed by atoms with van der Waals surface area (Å²) in [5.41, 5.74) is 0. The first-order valence-electron chi connectivity index (χ1n) is 12.1. The summed E-state index contributed by atoms with van der Waals surface area (Å²) in [4.78, 5) is 2.69. The van der Waals surface area contributed by atoms with Crippen molar-refractivity contribution >= 4 is 0 Å². The molecule has 3 nitrogen and oxygen atoms in total. The first-order chi connectivity index (χ1) is 13.5. The molecule has 3 heteroatoms. The first kappa shape index (κ1) is 25.5. The summed E-state index contributed by atoms with van der Waals surface area (Å²) in [6.45, 7) is 17.6. The Morgan fingerprint density at radius 2 is 1.93 bits per heavy atom. The van der Waals surface area contributed by atoms with E-state index in [9.17, 15) is 0 Å². The molecular weight excluding hydrogens is 346 g/mol. The molecule has 0 aromatic carbocycles. The molecule has 0 bridgehead atoms. The van der Waals surface area contributed by atoms with Crippen molar-refractivity contribution in [1.82, 2.24) is 4.90 Å². The number of nitrogens with zero attached hydrogens (tertiary/aromatic N) is 1. The van der Waals surface area contributed by atoms with Gasteiger partial charge in [-0.3, -0.25) is 4.90 Å². The molecule has 1 heterocycles. The van der Waals surface area contributed by atoms with Gasteiger partial charge in [0, 0.05) is 26.2 Å². The third-order valence-corrected chi connectivity index (χ3v) is 6.89. The number of hydrogen-bond donors (Lipinski definition) is 0. The average molecular weight is 396 g/mol. The van der Waals surface area contributed by atoms with E-state index in [1.807, 2.05) is 0 Å². The van der Waals surface area contributed by atoms with Gasteiger partial charge in [-0.2, -0.15) is 0 Å². The molecular formula is C25H49NO2. The van der Waals surface area contributed by atoms with Gasteiger partial charge in [-0.15, -0.1) is 0 Å². The van der Waals surface area contributed by atoms with Crippen molar-refractivity contribution in [1.29, 1.82) is 0 Å². The molecule has 0 radical (unpaired) electrons. The van der Waals surface area contributed by atoms with E-state index in [4.69, 9.17) is 9.47 Å². The predicted octanol–water partition coefficient (Wildman–Crippen LogP) is 6.68. The summed E-state index contributed by atoms with van der Waals surface area (Å²) in [6.07, 6.45) is 12.8. The lowest BCUT2D eigenvalue weighted by molar-refractivity contribution is 0.0970. The van der Waals surface area contributed by atoms with Crippen LogP contribution in [0.5, 0.6) is 0 Å². The lowest BCUT2D eigenvalue weighted by Gasteiger charge is -2.29. The highest BCUT2D eigenvalue weighted by molar-refractivity contribution is 4.88. The Morgan fingerprint density at radius 1 is 1.14 bits per heavy atom. The van der Waals surface area contributed by atoms with Crippen molar-refractivity contribution in [2.24, 2.45) is 17.8 Å². The second-order valence-corrected chi connectivity index (χ2v) is 9.05. The lowest BCUT2D eigenvalue weighted by atomic mass is 9.84. The fourth-order valence-electron chi connectivity index (χ4n) is 4.56. The maximum atomic E-state index is 6.10. The lowest BCUT2D eigenvalue weighted by Crippen LogP contribution is -2.35. The third-order valence-electron chi connectivity index (χ3n) is 6.89. The van der Waals surface area contributed by atoms with E-state index >= 15 is 0 Å². The minimum Gasteiger partial charge on any atom is -0.497 e. The summed E-state index contributed by atoms with van der Waals surface area (Å²) in [7, 11) is 1.78. The number of unbranched alkanes of at least 4 members (excludes halogenated alkanes) is 2. The van der Waals surface area contributed by atoms with Gasteiger partial charge < -0.3 is 9.47 Å². The Labute approximate surface area is 176 Å². The van der Waals surface area contributed by atoms with Crippen molar-refractivity contribution in [3.8, 4) is 0 Å². The Hall–Kier alpha value is -0.540. The van der Waals surface area contributed by atoms with Crippen LogP contribution in [-0.4, -0.2) is 44.4 Å². The van der Waals surface area contributed by atoms with Gasteiger partial charge in [0.15, 0.2) is 0 Å². The average Bonchev–Trinajstić information content (AvgIpc) is 3.15. The molecule has 0 saturated carbocycles. The zero-order chi connectivity index (χ0) is 20.8. The predicted molar refractivity (Wildman–Crippen MR) is 122 cm³/mol. The van der Waals surface area contributed by atoms with Gasteiger partial charge in [-0.05, 0) is 50.1 Å². The van der Waals surface area contributed by atoms with E-state index in [1.54, 1.807) is 7.11 Å². The Balaban J connectivity index is 2.40. The van der Waals surface area contributed by atoms with Gasteiger partial charge in [0.1, 0.15) is 6.61 Å². The molecule has 1 aliphatic heterocycles. The number of likely N-dealkylation sites (tertiary alicyclic amines) is 1. The van der Waals surface area contributed by atoms with Gasteiger partial charge >= 0.3 is 0 Å². The second-order valence-electron chi connectivity index (χ2n) is 9.05. The summed E-state index contributed by atoms with van der Waals surface area (Å²) in [5, 5.41) is 0. The Morgan fingerprint density at radius 3 is 2.57 bits per heavy atom. The smallest absolute Gasteiger partial charge is 0.103 e. The van der Waals surface area contributed by atoms with Crippen molar-refractivity contribution < 1.29 is 9.47 Å². The summed E-state index contributed by atoms with van der Waals surface area (Å²) < 4.78 is 11.4. The fourth-order valence-corrected chi connectivity index (χ4v) is 4.56. The van der Waals surface area contributed by atoms with Crippen LogP contribution < -0.4 is 0 Å². The molecule has 0 aromatic heterocycles. The highest BCUT2D eigenvalue weighted by atomic mass is 16.5. The second kappa shape index (κ2) is 15.3. The van der Waals surface area contributed by atoms with E-state index in [1.165, 1.54) is 64.5 Å². The molecule has 0 aromatic rings. The van der Waals surface area contributed by atoms with Crippen LogP contribution in [0.1, 0.15) is 91.9 Å². The van der Waals surface area contributed by atoms with E-state index in [2.05, 4.69) is 39.2 Å². The van der Waals surface area contributed by atoms with Crippen molar-refractivity contribution in [2.75, 3.05) is 33.4 Å². The number of ether oxygens (including phenoxy) is 2. The number of methoxy groups -OCH3 is 1. The monoisotopic (exact) mass is 395 g/mol. The highest BCUT2D eigenvalue weighted by Crippen LogP contribution is 2.27. The SMILES string of the molecule is C=C(CC(CC)COC)OCC1CCCN1CCC(CCCCC)C(C)CC. The maximum Gasteiger partial charge on any atom is 0.103 e. The topological polar surface area (TPSA) is 21.7 Å². The highest BCUT2D eigenvalue weighted by Gasteiger charge is 2.26. The van der Waals surface area contributed by atoms with Crippen LogP contribution in [0.2, 0.25) is 0 Å². The van der Waals surface area contributed by atoms with Gasteiger partial charge in [0.25, 0.3) is 0 Å². The van der Waals surface area contributed by atoms with Crippen LogP contribution in [0.15, 0.2) is 12.3 Å². The molecule has 0 N–H and O–H groups in total. The van der Waals surface area contributed by atoms with Gasteiger partial charge in [-0.25, -0.2) is 0 Å². The van der Waals surface area contributed by atoms with Crippen LogP contribution in [0.25, 0.3) is 0 Å². The Kier molecular flexibility index (Phi) is 14.0. The zero-order valence-corrected chi connectivity index (χ0v) is 19.7. The van der Waals surface area contributed by atoms with Gasteiger partial charge in [0.05, 0.1) is 5.76 Å². The van der Waals surface area contributed by atoms with Crippen molar-refractivity contribution in [3.05, 3.63) is 12.3 Å². The minimum absolute atomic E-state index is 0.525. The summed E-state index contributed by atoms with van der Waals surface area (Å²) in [5.74, 6) is 3.19. The molecule has 0 aliphatic carbocycles. The minimum atomic E-state index is 0.525. The van der Waals surface area contributed by atoms with E-state index < -0.39 is 0 Å². The molecule has 4 atom stereocenters. The summed E-state index contributed by atoms with van der Waals surface area (Å²) >= 11 is 0. The molecule has 0 spiro atoms. The van der Waals surface area contributed by atoms with Gasteiger partial charge in [-0.1, -0.05) is 72.8 Å². The molecule has 28 heavy (non-hydrogen) atoms.